The third-order valence-corrected chi connectivity index (χ3v) is 6.05. The summed E-state index contributed by atoms with van der Waals surface area (Å²) in [6.07, 6.45) is 8.88. The number of carbonyl (C=O) groups excluding carboxylic acids is 2. The molecule has 1 saturated carbocycles. The average Bonchev–Trinajstić information content (AvgIpc) is 2.96. The smallest absolute Gasteiger partial charge is 0.225 e. The van der Waals surface area contributed by atoms with Gasteiger partial charge in [-0.2, -0.15) is 0 Å². The van der Waals surface area contributed by atoms with Crippen molar-refractivity contribution in [2.45, 2.75) is 63.5 Å². The number of nitrogens with one attached hydrogen (secondary N) is 2. The molecule has 0 spiro atoms. The van der Waals surface area contributed by atoms with Crippen LogP contribution in [0.4, 0.5) is 0 Å². The van der Waals surface area contributed by atoms with Gasteiger partial charge >= 0.3 is 0 Å². The average molecular weight is 408 g/mol. The number of likely N-dealkylation sites (tertiary alicyclic amines) is 1. The Labute approximate surface area is 175 Å². The van der Waals surface area contributed by atoms with Crippen molar-refractivity contribution in [3.63, 3.8) is 0 Å². The molecule has 0 bridgehead atoms. The van der Waals surface area contributed by atoms with Crippen LogP contribution in [0.15, 0.2) is 30.3 Å². The lowest BCUT2D eigenvalue weighted by Crippen LogP contribution is -2.47. The van der Waals surface area contributed by atoms with Gasteiger partial charge in [0.05, 0.1) is 12.0 Å². The number of amides is 2. The summed E-state index contributed by atoms with van der Waals surface area (Å²) in [5.41, 5.74) is 1.03. The molecule has 5 nitrogen and oxygen atoms in total. The summed E-state index contributed by atoms with van der Waals surface area (Å²) in [4.78, 5) is 26.8. The molecule has 1 aromatic carbocycles. The summed E-state index contributed by atoms with van der Waals surface area (Å²) in [5.74, 6) is -0.0122. The molecular weight excluding hydrogens is 374 g/mol. The highest BCUT2D eigenvalue weighted by Crippen LogP contribution is 2.35. The van der Waals surface area contributed by atoms with Crippen LogP contribution in [0.5, 0.6) is 0 Å². The van der Waals surface area contributed by atoms with E-state index in [-0.39, 0.29) is 36.2 Å². The highest BCUT2D eigenvalue weighted by Gasteiger charge is 2.38. The number of halogens is 1. The zero-order valence-electron chi connectivity index (χ0n) is 16.9. The van der Waals surface area contributed by atoms with Crippen LogP contribution in [-0.4, -0.2) is 42.9 Å². The van der Waals surface area contributed by atoms with Gasteiger partial charge in [0.1, 0.15) is 0 Å². The fourth-order valence-corrected chi connectivity index (χ4v) is 4.50. The summed E-state index contributed by atoms with van der Waals surface area (Å²) in [5, 5.41) is 6.70. The van der Waals surface area contributed by atoms with E-state index < -0.39 is 0 Å². The first kappa shape index (κ1) is 22.7. The number of hydrogen-bond acceptors (Lipinski definition) is 3. The Bertz CT molecular complexity index is 617. The van der Waals surface area contributed by atoms with Crippen molar-refractivity contribution < 1.29 is 9.59 Å². The van der Waals surface area contributed by atoms with Crippen LogP contribution in [0, 0.1) is 5.92 Å². The minimum atomic E-state index is -0.187. The van der Waals surface area contributed by atoms with Crippen LogP contribution in [0.25, 0.3) is 0 Å². The third-order valence-electron chi connectivity index (χ3n) is 6.05. The third kappa shape index (κ3) is 5.95. The second-order valence-corrected chi connectivity index (χ2v) is 7.94. The van der Waals surface area contributed by atoms with E-state index in [9.17, 15) is 9.59 Å². The Morgan fingerprint density at radius 3 is 2.39 bits per heavy atom. The highest BCUT2D eigenvalue weighted by atomic mass is 35.5. The topological polar surface area (TPSA) is 61.4 Å². The van der Waals surface area contributed by atoms with E-state index in [0.29, 0.717) is 25.4 Å². The van der Waals surface area contributed by atoms with Gasteiger partial charge < -0.3 is 15.5 Å². The molecule has 2 N–H and O–H groups in total. The number of piperidine rings is 1. The number of nitrogens with zero attached hydrogens (tertiary/aromatic N) is 1. The highest BCUT2D eigenvalue weighted by molar-refractivity contribution is 5.85. The molecule has 28 heavy (non-hydrogen) atoms. The van der Waals surface area contributed by atoms with Crippen molar-refractivity contribution in [2.75, 3.05) is 20.1 Å². The molecular formula is C22H34ClN3O2. The van der Waals surface area contributed by atoms with Gasteiger partial charge in [0.15, 0.2) is 0 Å². The maximum atomic E-state index is 12.9. The van der Waals surface area contributed by atoms with E-state index in [0.717, 1.165) is 12.1 Å². The lowest BCUT2D eigenvalue weighted by Gasteiger charge is -2.38. The monoisotopic (exact) mass is 407 g/mol. The molecule has 2 amide bonds. The normalized spacial score (nSPS) is 23.6. The quantitative estimate of drug-likeness (QED) is 0.560. The van der Waals surface area contributed by atoms with Crippen molar-refractivity contribution in [2.24, 2.45) is 5.92 Å². The first-order valence-electron chi connectivity index (χ1n) is 10.5. The second-order valence-electron chi connectivity index (χ2n) is 7.94. The Morgan fingerprint density at radius 1 is 1.04 bits per heavy atom. The lowest BCUT2D eigenvalue weighted by molar-refractivity contribution is -0.141. The molecule has 2 fully saturated rings. The van der Waals surface area contributed by atoms with E-state index in [1.807, 2.05) is 37.4 Å². The van der Waals surface area contributed by atoms with Gasteiger partial charge in [0, 0.05) is 32.6 Å². The lowest BCUT2D eigenvalue weighted by atomic mass is 9.84. The van der Waals surface area contributed by atoms with Gasteiger partial charge in [-0.1, -0.05) is 56.0 Å². The molecule has 1 heterocycles. The number of hydrogen-bond donors (Lipinski definition) is 2. The predicted molar refractivity (Wildman–Crippen MR) is 114 cm³/mol. The molecule has 0 radical (unpaired) electrons. The minimum Gasteiger partial charge on any atom is -0.355 e. The summed E-state index contributed by atoms with van der Waals surface area (Å²) in [6.45, 7) is 1.46. The van der Waals surface area contributed by atoms with Crippen molar-refractivity contribution in [1.29, 1.82) is 0 Å². The molecule has 2 atom stereocenters. The molecule has 2 unspecified atom stereocenters. The predicted octanol–water partition coefficient (Wildman–Crippen LogP) is 3.45. The number of benzene rings is 1. The van der Waals surface area contributed by atoms with Crippen molar-refractivity contribution >= 4 is 24.2 Å². The van der Waals surface area contributed by atoms with E-state index in [1.165, 1.54) is 38.5 Å². The number of carbonyl (C=O) groups is 2. The molecule has 6 heteroatoms. The van der Waals surface area contributed by atoms with Gasteiger partial charge in [0.2, 0.25) is 11.8 Å². The van der Waals surface area contributed by atoms with Crippen LogP contribution >= 0.6 is 12.4 Å². The van der Waals surface area contributed by atoms with Crippen molar-refractivity contribution in [1.82, 2.24) is 15.5 Å². The Morgan fingerprint density at radius 2 is 1.71 bits per heavy atom. The first-order chi connectivity index (χ1) is 13.2. The van der Waals surface area contributed by atoms with Gasteiger partial charge in [-0.3, -0.25) is 9.59 Å². The van der Waals surface area contributed by atoms with Crippen LogP contribution in [0.3, 0.4) is 0 Å². The maximum Gasteiger partial charge on any atom is 0.225 e. The summed E-state index contributed by atoms with van der Waals surface area (Å²) >= 11 is 0. The Hall–Kier alpha value is -1.59. The molecule has 156 valence electrons. The summed E-state index contributed by atoms with van der Waals surface area (Å²) in [7, 11) is 1.81. The first-order valence-corrected chi connectivity index (χ1v) is 10.5. The molecule has 0 aromatic heterocycles. The zero-order valence-corrected chi connectivity index (χ0v) is 17.7. The summed E-state index contributed by atoms with van der Waals surface area (Å²) < 4.78 is 0. The molecule has 1 saturated heterocycles. The fourth-order valence-electron chi connectivity index (χ4n) is 4.50. The second kappa shape index (κ2) is 11.4. The standard InChI is InChI=1S/C22H33N3O2.ClH/c1-25-20(26)14-13-19(21(25)17-9-5-4-6-10-17)22(27)24-16-15-23-18-11-7-2-3-8-12-18;/h4-6,9-10,18-19,21,23H,2-3,7-8,11-16H2,1H3,(H,24,27);1H. The fraction of sp³-hybridized carbons (Fsp3) is 0.636. The summed E-state index contributed by atoms with van der Waals surface area (Å²) in [6, 6.07) is 10.3. The molecule has 1 aliphatic heterocycles. The molecule has 2 aliphatic rings. The van der Waals surface area contributed by atoms with Gasteiger partial charge in [-0.15, -0.1) is 12.4 Å². The van der Waals surface area contributed by atoms with Crippen molar-refractivity contribution in [3.05, 3.63) is 35.9 Å². The maximum absolute atomic E-state index is 12.9. The number of rotatable bonds is 6. The largest absolute Gasteiger partial charge is 0.355 e. The van der Waals surface area contributed by atoms with E-state index in [4.69, 9.17) is 0 Å². The molecule has 3 rings (SSSR count). The van der Waals surface area contributed by atoms with Crippen molar-refractivity contribution in [3.8, 4) is 0 Å². The van der Waals surface area contributed by atoms with Crippen LogP contribution in [-0.2, 0) is 9.59 Å². The molecule has 1 aromatic rings. The SMILES string of the molecule is CN1C(=O)CCC(C(=O)NCCNC2CCCCCC2)C1c1ccccc1.Cl. The van der Waals surface area contributed by atoms with Crippen LogP contribution in [0.2, 0.25) is 0 Å². The van der Waals surface area contributed by atoms with Crippen LogP contribution < -0.4 is 10.6 Å². The van der Waals surface area contributed by atoms with E-state index in [1.54, 1.807) is 4.90 Å². The van der Waals surface area contributed by atoms with Gasteiger partial charge in [0.25, 0.3) is 0 Å². The van der Waals surface area contributed by atoms with E-state index >= 15 is 0 Å². The van der Waals surface area contributed by atoms with Gasteiger partial charge in [-0.25, -0.2) is 0 Å². The zero-order chi connectivity index (χ0) is 19.1. The Balaban J connectivity index is 0.00000280. The van der Waals surface area contributed by atoms with E-state index in [2.05, 4.69) is 10.6 Å². The molecule has 1 aliphatic carbocycles. The minimum absolute atomic E-state index is 0. The Kier molecular flexibility index (Phi) is 9.26. The van der Waals surface area contributed by atoms with Crippen LogP contribution in [0.1, 0.15) is 63.0 Å². The van der Waals surface area contributed by atoms with Gasteiger partial charge in [-0.05, 0) is 24.8 Å².